The minimum Gasteiger partial charge on any atom is -0.386 e. The van der Waals surface area contributed by atoms with Crippen LogP contribution in [0.4, 0.5) is 10.1 Å². The van der Waals surface area contributed by atoms with E-state index < -0.39 is 0 Å². The highest BCUT2D eigenvalue weighted by Gasteiger charge is 2.18. The molecule has 21 heavy (non-hydrogen) atoms. The topological polar surface area (TPSA) is 57.8 Å². The number of anilines is 1. The summed E-state index contributed by atoms with van der Waals surface area (Å²) in [4.78, 5) is 11.8. The van der Waals surface area contributed by atoms with Crippen molar-refractivity contribution in [2.45, 2.75) is 32.1 Å². The first kappa shape index (κ1) is 13.8. The quantitative estimate of drug-likeness (QED) is 0.911. The molecule has 0 atom stereocenters. The molecule has 2 N–H and O–H groups in total. The van der Waals surface area contributed by atoms with E-state index >= 15 is 0 Å². The van der Waals surface area contributed by atoms with Crippen LogP contribution in [-0.2, 0) is 19.3 Å². The van der Waals surface area contributed by atoms with Gasteiger partial charge >= 0.3 is 0 Å². The minimum absolute atomic E-state index is 0.0662. The average Bonchev–Trinajstić information content (AvgIpc) is 2.52. The zero-order chi connectivity index (χ0) is 14.8. The molecular weight excluding hydrogens is 269 g/mol. The van der Waals surface area contributed by atoms with Crippen LogP contribution in [0, 0.1) is 5.82 Å². The van der Waals surface area contributed by atoms with Gasteiger partial charge in [0, 0.05) is 19.0 Å². The van der Waals surface area contributed by atoms with E-state index in [0.717, 1.165) is 48.1 Å². The molecular formula is C16H18FN3O. The number of fused-ring (bicyclic) bond motifs is 1. The number of benzene rings is 1. The summed E-state index contributed by atoms with van der Waals surface area (Å²) in [6, 6.07) is 5.01. The molecule has 0 fully saturated rings. The summed E-state index contributed by atoms with van der Waals surface area (Å²) < 4.78 is 13.5. The van der Waals surface area contributed by atoms with Gasteiger partial charge in [-0.3, -0.25) is 4.79 Å². The highest BCUT2D eigenvalue weighted by Crippen LogP contribution is 2.23. The lowest BCUT2D eigenvalue weighted by Crippen LogP contribution is -2.23. The summed E-state index contributed by atoms with van der Waals surface area (Å²) >= 11 is 0. The predicted molar refractivity (Wildman–Crippen MR) is 80.3 cm³/mol. The lowest BCUT2D eigenvalue weighted by Gasteiger charge is -2.17. The number of rotatable bonds is 3. The Kier molecular flexibility index (Phi) is 3.73. The maximum absolute atomic E-state index is 13.5. The van der Waals surface area contributed by atoms with Crippen LogP contribution >= 0.6 is 0 Å². The molecule has 110 valence electrons. The number of nitrogens with zero attached hydrogens (tertiary/aromatic N) is 1. The Morgan fingerprint density at radius 3 is 2.81 bits per heavy atom. The fraction of sp³-hybridized carbons (Fsp3) is 0.375. The van der Waals surface area contributed by atoms with Gasteiger partial charge in [-0.05, 0) is 48.9 Å². The van der Waals surface area contributed by atoms with Crippen LogP contribution in [0.15, 0.2) is 23.0 Å². The van der Waals surface area contributed by atoms with Crippen molar-refractivity contribution in [2.24, 2.45) is 0 Å². The predicted octanol–water partition coefficient (Wildman–Crippen LogP) is 2.42. The smallest absolute Gasteiger partial charge is 0.267 e. The standard InChI is InChI=1S/C16H18FN3O/c1-18-15-9-10(6-7-13(15)17)8-14-11-4-2-3-5-12(11)16(21)20-19-14/h6-7,9,18H,2-5,8H2,1H3,(H,20,21). The van der Waals surface area contributed by atoms with Crippen LogP contribution < -0.4 is 10.9 Å². The molecule has 0 bridgehead atoms. The number of aromatic amines is 1. The van der Waals surface area contributed by atoms with Gasteiger partial charge in [0.25, 0.3) is 5.56 Å². The Labute approximate surface area is 122 Å². The third-order valence-electron chi connectivity index (χ3n) is 4.05. The molecule has 3 rings (SSSR count). The first-order valence-electron chi connectivity index (χ1n) is 7.24. The first-order chi connectivity index (χ1) is 10.2. The summed E-state index contributed by atoms with van der Waals surface area (Å²) in [5.41, 5.74) is 4.25. The van der Waals surface area contributed by atoms with Crippen molar-refractivity contribution in [3.8, 4) is 0 Å². The molecule has 0 amide bonds. The van der Waals surface area contributed by atoms with Gasteiger partial charge in [0.1, 0.15) is 5.82 Å². The van der Waals surface area contributed by atoms with E-state index in [9.17, 15) is 9.18 Å². The van der Waals surface area contributed by atoms with Crippen LogP contribution in [0.25, 0.3) is 0 Å². The number of aromatic nitrogens is 2. The molecule has 1 heterocycles. The second kappa shape index (κ2) is 5.68. The molecule has 4 nitrogen and oxygen atoms in total. The Balaban J connectivity index is 1.97. The third-order valence-corrected chi connectivity index (χ3v) is 4.05. The molecule has 5 heteroatoms. The summed E-state index contributed by atoms with van der Waals surface area (Å²) in [7, 11) is 1.70. The molecule has 1 aromatic heterocycles. The molecule has 2 aromatic rings. The van der Waals surface area contributed by atoms with E-state index in [2.05, 4.69) is 15.5 Å². The summed E-state index contributed by atoms with van der Waals surface area (Å²) in [5.74, 6) is -0.266. The van der Waals surface area contributed by atoms with E-state index in [4.69, 9.17) is 0 Å². The Hall–Kier alpha value is -2.17. The molecule has 0 radical (unpaired) electrons. The van der Waals surface area contributed by atoms with E-state index in [1.165, 1.54) is 6.07 Å². The Morgan fingerprint density at radius 2 is 2.05 bits per heavy atom. The summed E-state index contributed by atoms with van der Waals surface area (Å²) in [6.07, 6.45) is 4.48. The zero-order valence-corrected chi connectivity index (χ0v) is 12.0. The van der Waals surface area contributed by atoms with Gasteiger partial charge in [-0.2, -0.15) is 5.10 Å². The lowest BCUT2D eigenvalue weighted by molar-refractivity contribution is 0.630. The molecule has 0 spiro atoms. The van der Waals surface area contributed by atoms with Crippen molar-refractivity contribution in [3.63, 3.8) is 0 Å². The van der Waals surface area contributed by atoms with Gasteiger partial charge in [-0.1, -0.05) is 6.07 Å². The molecule has 1 aliphatic rings. The van der Waals surface area contributed by atoms with Crippen LogP contribution in [0.5, 0.6) is 0 Å². The van der Waals surface area contributed by atoms with Crippen LogP contribution in [0.1, 0.15) is 35.2 Å². The van der Waals surface area contributed by atoms with Crippen molar-refractivity contribution in [3.05, 3.63) is 56.8 Å². The number of H-pyrrole nitrogens is 1. The van der Waals surface area contributed by atoms with Gasteiger partial charge < -0.3 is 5.32 Å². The van der Waals surface area contributed by atoms with Crippen molar-refractivity contribution in [1.82, 2.24) is 10.2 Å². The second-order valence-corrected chi connectivity index (χ2v) is 5.40. The van der Waals surface area contributed by atoms with Crippen LogP contribution in [0.2, 0.25) is 0 Å². The third kappa shape index (κ3) is 2.68. The highest BCUT2D eigenvalue weighted by molar-refractivity contribution is 5.48. The minimum atomic E-state index is -0.266. The van der Waals surface area contributed by atoms with Gasteiger partial charge in [0.05, 0.1) is 11.4 Å². The highest BCUT2D eigenvalue weighted by atomic mass is 19.1. The second-order valence-electron chi connectivity index (χ2n) is 5.40. The SMILES string of the molecule is CNc1cc(Cc2n[nH]c(=O)c3c2CCCC3)ccc1F. The number of halogens is 1. The normalized spacial score (nSPS) is 13.8. The average molecular weight is 287 g/mol. The maximum Gasteiger partial charge on any atom is 0.267 e. The Morgan fingerprint density at radius 1 is 1.29 bits per heavy atom. The molecule has 0 aliphatic heterocycles. The molecule has 0 saturated heterocycles. The van der Waals surface area contributed by atoms with Gasteiger partial charge in [-0.15, -0.1) is 0 Å². The largest absolute Gasteiger partial charge is 0.386 e. The van der Waals surface area contributed by atoms with Crippen molar-refractivity contribution < 1.29 is 4.39 Å². The molecule has 0 unspecified atom stereocenters. The van der Waals surface area contributed by atoms with E-state index in [1.54, 1.807) is 19.2 Å². The summed E-state index contributed by atoms with van der Waals surface area (Å²) in [5, 5.41) is 9.65. The maximum atomic E-state index is 13.5. The fourth-order valence-corrected chi connectivity index (χ4v) is 2.94. The Bertz CT molecular complexity index is 724. The van der Waals surface area contributed by atoms with Crippen molar-refractivity contribution in [1.29, 1.82) is 0 Å². The molecule has 1 aromatic carbocycles. The first-order valence-corrected chi connectivity index (χ1v) is 7.24. The molecule has 1 aliphatic carbocycles. The van der Waals surface area contributed by atoms with Crippen molar-refractivity contribution >= 4 is 5.69 Å². The monoisotopic (exact) mass is 287 g/mol. The van der Waals surface area contributed by atoms with Crippen molar-refractivity contribution in [2.75, 3.05) is 12.4 Å². The van der Waals surface area contributed by atoms with Gasteiger partial charge in [0.15, 0.2) is 0 Å². The number of hydrogen-bond acceptors (Lipinski definition) is 3. The fourth-order valence-electron chi connectivity index (χ4n) is 2.94. The number of nitrogens with one attached hydrogen (secondary N) is 2. The summed E-state index contributed by atoms with van der Waals surface area (Å²) in [6.45, 7) is 0. The zero-order valence-electron chi connectivity index (χ0n) is 12.0. The van der Waals surface area contributed by atoms with E-state index in [0.29, 0.717) is 12.1 Å². The lowest BCUT2D eigenvalue weighted by atomic mass is 9.90. The van der Waals surface area contributed by atoms with E-state index in [-0.39, 0.29) is 11.4 Å². The molecule has 0 saturated carbocycles. The van der Waals surface area contributed by atoms with Gasteiger partial charge in [-0.25, -0.2) is 9.49 Å². The van der Waals surface area contributed by atoms with Gasteiger partial charge in [0.2, 0.25) is 0 Å². The van der Waals surface area contributed by atoms with Crippen LogP contribution in [0.3, 0.4) is 0 Å². The van der Waals surface area contributed by atoms with E-state index in [1.807, 2.05) is 0 Å². The van der Waals surface area contributed by atoms with Crippen LogP contribution in [-0.4, -0.2) is 17.2 Å². The number of hydrogen-bond donors (Lipinski definition) is 2.